The number of nitrogens with zero attached hydrogens (tertiary/aromatic N) is 2. The molecule has 0 bridgehead atoms. The summed E-state index contributed by atoms with van der Waals surface area (Å²) in [5, 5.41) is 3.10. The van der Waals surface area contributed by atoms with Crippen LogP contribution in [0.5, 0.6) is 0 Å². The maximum Gasteiger partial charge on any atom is 0.224 e. The number of aryl methyl sites for hydroxylation is 2. The molecule has 0 radical (unpaired) electrons. The number of nitrogens with two attached hydrogens (primary N) is 1. The first-order chi connectivity index (χ1) is 9.54. The molecule has 1 saturated carbocycles. The van der Waals surface area contributed by atoms with E-state index < -0.39 is 0 Å². The van der Waals surface area contributed by atoms with Crippen molar-refractivity contribution in [2.75, 3.05) is 12.3 Å². The Bertz CT molecular complexity index is 523. The van der Waals surface area contributed by atoms with Crippen LogP contribution in [0.3, 0.4) is 0 Å². The summed E-state index contributed by atoms with van der Waals surface area (Å²) in [4.78, 5) is 20.4. The molecule has 1 amide bonds. The second-order valence-corrected chi connectivity index (χ2v) is 5.68. The van der Waals surface area contributed by atoms with Gasteiger partial charge in [-0.15, -0.1) is 0 Å². The van der Waals surface area contributed by atoms with Crippen LogP contribution < -0.4 is 11.1 Å². The van der Waals surface area contributed by atoms with Crippen LogP contribution in [0.4, 0.5) is 5.95 Å². The molecule has 6 heteroatoms. The zero-order valence-electron chi connectivity index (χ0n) is 11.8. The molecule has 1 saturated heterocycles. The van der Waals surface area contributed by atoms with E-state index in [0.29, 0.717) is 18.4 Å². The number of amides is 1. The quantitative estimate of drug-likeness (QED) is 0.839. The Morgan fingerprint density at radius 2 is 2.10 bits per heavy atom. The summed E-state index contributed by atoms with van der Waals surface area (Å²) >= 11 is 0. The fraction of sp³-hybridized carbons (Fsp3) is 0.643. The third-order valence-corrected chi connectivity index (χ3v) is 4.39. The van der Waals surface area contributed by atoms with Crippen molar-refractivity contribution in [3.8, 4) is 0 Å². The van der Waals surface area contributed by atoms with E-state index in [1.165, 1.54) is 0 Å². The predicted octanol–water partition coefficient (Wildman–Crippen LogP) is 0.512. The number of fused-ring (bicyclic) bond motifs is 1. The number of aromatic nitrogens is 2. The first kappa shape index (κ1) is 13.3. The van der Waals surface area contributed by atoms with Gasteiger partial charge < -0.3 is 15.8 Å². The second-order valence-electron chi connectivity index (χ2n) is 5.68. The molecule has 2 aliphatic rings. The van der Waals surface area contributed by atoms with Gasteiger partial charge in [-0.1, -0.05) is 0 Å². The number of ether oxygens (including phenoxy) is 1. The molecule has 0 spiro atoms. The zero-order chi connectivity index (χ0) is 14.3. The van der Waals surface area contributed by atoms with Crippen molar-refractivity contribution in [1.82, 2.24) is 15.3 Å². The summed E-state index contributed by atoms with van der Waals surface area (Å²) < 4.78 is 5.55. The van der Waals surface area contributed by atoms with Gasteiger partial charge in [0.25, 0.3) is 0 Å². The average Bonchev–Trinajstić information content (AvgIpc) is 2.72. The Kier molecular flexibility index (Phi) is 3.33. The third kappa shape index (κ3) is 2.35. The largest absolute Gasteiger partial charge is 0.378 e. The molecule has 1 aliphatic carbocycles. The molecule has 3 rings (SSSR count). The van der Waals surface area contributed by atoms with Crippen LogP contribution in [0.25, 0.3) is 0 Å². The van der Waals surface area contributed by atoms with E-state index in [4.69, 9.17) is 10.5 Å². The van der Waals surface area contributed by atoms with Crippen LogP contribution in [0.2, 0.25) is 0 Å². The molecular formula is C14H20N4O2. The summed E-state index contributed by atoms with van der Waals surface area (Å²) in [6.45, 7) is 4.54. The number of nitrogens with one attached hydrogen (secondary N) is 1. The van der Waals surface area contributed by atoms with Gasteiger partial charge in [-0.3, -0.25) is 4.79 Å². The topological polar surface area (TPSA) is 90.1 Å². The van der Waals surface area contributed by atoms with Gasteiger partial charge in [0.05, 0.1) is 12.5 Å². The van der Waals surface area contributed by atoms with Crippen molar-refractivity contribution in [1.29, 1.82) is 0 Å². The average molecular weight is 276 g/mol. The van der Waals surface area contributed by atoms with Gasteiger partial charge in [0.1, 0.15) is 0 Å². The van der Waals surface area contributed by atoms with Gasteiger partial charge in [0.15, 0.2) is 0 Å². The Morgan fingerprint density at radius 3 is 2.75 bits per heavy atom. The van der Waals surface area contributed by atoms with Gasteiger partial charge >= 0.3 is 0 Å². The summed E-state index contributed by atoms with van der Waals surface area (Å²) in [6.07, 6.45) is 2.67. The van der Waals surface area contributed by atoms with Crippen LogP contribution in [0, 0.1) is 19.8 Å². The number of anilines is 1. The normalized spacial score (nSPS) is 27.8. The molecule has 108 valence electrons. The highest BCUT2D eigenvalue weighted by Crippen LogP contribution is 2.38. The summed E-state index contributed by atoms with van der Waals surface area (Å²) in [7, 11) is 0. The second kappa shape index (κ2) is 5.01. The number of rotatable bonds is 3. The van der Waals surface area contributed by atoms with Crippen molar-refractivity contribution in [3.05, 3.63) is 17.0 Å². The lowest BCUT2D eigenvalue weighted by atomic mass is 9.76. The first-order valence-corrected chi connectivity index (χ1v) is 7.05. The fourth-order valence-corrected chi connectivity index (χ4v) is 3.20. The molecule has 3 atom stereocenters. The molecule has 20 heavy (non-hydrogen) atoms. The Labute approximate surface area is 118 Å². The van der Waals surface area contributed by atoms with Crippen molar-refractivity contribution in [2.45, 2.75) is 45.3 Å². The van der Waals surface area contributed by atoms with Gasteiger partial charge in [-0.2, -0.15) is 0 Å². The summed E-state index contributed by atoms with van der Waals surface area (Å²) in [5.41, 5.74) is 8.02. The summed E-state index contributed by atoms with van der Waals surface area (Å²) in [5.74, 6) is 0.790. The standard InChI is InChI=1S/C14H20N4O2/c1-7-10(8(2)17-14(15)16-7)5-13(19)18-11-6-12-9(11)3-4-20-12/h9,11-12H,3-6H2,1-2H3,(H,18,19)(H2,15,16,17)/t9-,11-,12+/m1/s1. The molecule has 2 heterocycles. The number of hydrogen-bond donors (Lipinski definition) is 2. The summed E-state index contributed by atoms with van der Waals surface area (Å²) in [6, 6.07) is 0.269. The van der Waals surface area contributed by atoms with Gasteiger partial charge in [0.2, 0.25) is 11.9 Å². The Balaban J connectivity index is 1.62. The van der Waals surface area contributed by atoms with E-state index in [0.717, 1.165) is 36.4 Å². The van der Waals surface area contributed by atoms with Crippen LogP contribution in [0.15, 0.2) is 0 Å². The van der Waals surface area contributed by atoms with Crippen molar-refractivity contribution in [3.63, 3.8) is 0 Å². The molecule has 0 unspecified atom stereocenters. The minimum absolute atomic E-state index is 0.0277. The maximum absolute atomic E-state index is 12.2. The van der Waals surface area contributed by atoms with E-state index >= 15 is 0 Å². The van der Waals surface area contributed by atoms with Crippen LogP contribution in [0.1, 0.15) is 29.8 Å². The molecule has 6 nitrogen and oxygen atoms in total. The van der Waals surface area contributed by atoms with Gasteiger partial charge in [0, 0.05) is 35.5 Å². The minimum atomic E-state index is 0.0277. The Hall–Kier alpha value is -1.69. The lowest BCUT2D eigenvalue weighted by Gasteiger charge is -2.39. The van der Waals surface area contributed by atoms with Crippen molar-refractivity contribution in [2.24, 2.45) is 5.92 Å². The molecule has 1 aromatic rings. The molecular weight excluding hydrogens is 256 g/mol. The molecule has 1 aliphatic heterocycles. The zero-order valence-corrected chi connectivity index (χ0v) is 11.8. The lowest BCUT2D eigenvalue weighted by molar-refractivity contribution is -0.123. The highest BCUT2D eigenvalue weighted by molar-refractivity contribution is 5.79. The number of carbonyl (C=O) groups excluding carboxylic acids is 1. The van der Waals surface area contributed by atoms with Crippen LogP contribution in [-0.4, -0.2) is 34.6 Å². The van der Waals surface area contributed by atoms with E-state index in [2.05, 4.69) is 15.3 Å². The monoisotopic (exact) mass is 276 g/mol. The first-order valence-electron chi connectivity index (χ1n) is 7.05. The third-order valence-electron chi connectivity index (χ3n) is 4.39. The predicted molar refractivity (Wildman–Crippen MR) is 74.0 cm³/mol. The van der Waals surface area contributed by atoms with Crippen molar-refractivity contribution < 1.29 is 9.53 Å². The van der Waals surface area contributed by atoms with Gasteiger partial charge in [-0.05, 0) is 26.7 Å². The fourth-order valence-electron chi connectivity index (χ4n) is 3.20. The van der Waals surface area contributed by atoms with Crippen LogP contribution >= 0.6 is 0 Å². The van der Waals surface area contributed by atoms with E-state index in [1.54, 1.807) is 0 Å². The number of hydrogen-bond acceptors (Lipinski definition) is 5. The van der Waals surface area contributed by atoms with E-state index in [1.807, 2.05) is 13.8 Å². The van der Waals surface area contributed by atoms with E-state index in [-0.39, 0.29) is 17.9 Å². The highest BCUT2D eigenvalue weighted by Gasteiger charge is 2.45. The smallest absolute Gasteiger partial charge is 0.224 e. The van der Waals surface area contributed by atoms with E-state index in [9.17, 15) is 4.79 Å². The molecule has 1 aromatic heterocycles. The van der Waals surface area contributed by atoms with Gasteiger partial charge in [-0.25, -0.2) is 9.97 Å². The maximum atomic E-state index is 12.2. The van der Waals surface area contributed by atoms with Crippen LogP contribution in [-0.2, 0) is 16.0 Å². The molecule has 3 N–H and O–H groups in total. The molecule has 0 aromatic carbocycles. The molecule has 2 fully saturated rings. The van der Waals surface area contributed by atoms with Crippen molar-refractivity contribution >= 4 is 11.9 Å². The number of carbonyl (C=O) groups is 1. The SMILES string of the molecule is Cc1nc(N)nc(C)c1CC(=O)N[C@@H]1C[C@@H]2OCC[C@@H]21. The highest BCUT2D eigenvalue weighted by atomic mass is 16.5. The Morgan fingerprint density at radius 1 is 1.40 bits per heavy atom. The number of nitrogen functional groups attached to an aromatic ring is 1. The minimum Gasteiger partial charge on any atom is -0.378 e. The lowest BCUT2D eigenvalue weighted by Crippen LogP contribution is -2.53.